The molecule has 199 valence electrons. The molecule has 3 heteroatoms. The molecule has 0 unspecified atom stereocenters. The molecule has 1 radical (unpaired) electrons. The number of unbranched alkanes of at least 4 members (excludes halogenated alkanes) is 1. The SMILES string of the molecule is CC(C)(C)c1ccc(CC[CH]CC2CCCCC2)cc1NC(=O)CC1c2ccccc2Oc2ccccc21. The quantitative estimate of drug-likeness (QED) is 0.308. The van der Waals surface area contributed by atoms with Gasteiger partial charge in [-0.15, -0.1) is 0 Å². The summed E-state index contributed by atoms with van der Waals surface area (Å²) in [7, 11) is 0. The Labute approximate surface area is 229 Å². The van der Waals surface area contributed by atoms with Crippen molar-refractivity contribution in [2.75, 3.05) is 5.32 Å². The molecule has 1 amide bonds. The van der Waals surface area contributed by atoms with Crippen LogP contribution in [0.5, 0.6) is 11.5 Å². The molecule has 1 aliphatic carbocycles. The molecule has 0 atom stereocenters. The molecule has 0 bridgehead atoms. The fourth-order valence-corrected chi connectivity index (χ4v) is 6.16. The molecule has 0 spiro atoms. The molecule has 5 rings (SSSR count). The highest BCUT2D eigenvalue weighted by Crippen LogP contribution is 2.45. The van der Waals surface area contributed by atoms with Crippen molar-refractivity contribution in [2.45, 2.75) is 89.9 Å². The van der Waals surface area contributed by atoms with E-state index in [1.165, 1.54) is 49.7 Å². The zero-order valence-electron chi connectivity index (χ0n) is 23.3. The second-order valence-corrected chi connectivity index (χ2v) is 12.2. The molecule has 38 heavy (non-hydrogen) atoms. The van der Waals surface area contributed by atoms with Crippen molar-refractivity contribution in [3.63, 3.8) is 0 Å². The summed E-state index contributed by atoms with van der Waals surface area (Å²) < 4.78 is 6.14. The number of rotatable bonds is 8. The average Bonchev–Trinajstić information content (AvgIpc) is 2.91. The van der Waals surface area contributed by atoms with E-state index in [1.807, 2.05) is 36.4 Å². The van der Waals surface area contributed by atoms with E-state index in [1.54, 1.807) is 0 Å². The van der Waals surface area contributed by atoms with E-state index in [-0.39, 0.29) is 17.2 Å². The van der Waals surface area contributed by atoms with Crippen LogP contribution >= 0.6 is 0 Å². The predicted octanol–water partition coefficient (Wildman–Crippen LogP) is 9.36. The van der Waals surface area contributed by atoms with Crippen LogP contribution in [0.2, 0.25) is 0 Å². The van der Waals surface area contributed by atoms with E-state index in [4.69, 9.17) is 4.74 Å². The molecule has 3 aromatic rings. The Morgan fingerprint density at radius 1 is 0.921 bits per heavy atom. The fraction of sp³-hybridized carbons (Fsp3) is 0.429. The number of carbonyl (C=O) groups excluding carboxylic acids is 1. The first-order valence-corrected chi connectivity index (χ1v) is 14.5. The number of fused-ring (bicyclic) bond motifs is 2. The Morgan fingerprint density at radius 3 is 2.24 bits per heavy atom. The van der Waals surface area contributed by atoms with Gasteiger partial charge in [0.15, 0.2) is 0 Å². The van der Waals surface area contributed by atoms with Gasteiger partial charge in [0.2, 0.25) is 5.91 Å². The van der Waals surface area contributed by atoms with Crippen LogP contribution in [0.4, 0.5) is 5.69 Å². The molecule has 1 aliphatic heterocycles. The second-order valence-electron chi connectivity index (χ2n) is 12.2. The summed E-state index contributed by atoms with van der Waals surface area (Å²) in [6, 6.07) is 22.8. The molecule has 2 aliphatic rings. The Kier molecular flexibility index (Phi) is 8.21. The molecule has 0 aromatic heterocycles. The van der Waals surface area contributed by atoms with E-state index in [9.17, 15) is 4.79 Å². The standard InChI is InChI=1S/C35H42NO2/c1-35(2,3)30-22-21-26(16-8-7-15-25-13-5-4-6-14-25)23-31(30)36-34(37)24-29-27-17-9-11-19-32(27)38-33-20-12-10-18-28(29)33/h7,9-12,17-23,25,29H,4-6,8,13-16,24H2,1-3H3,(H,36,37). The van der Waals surface area contributed by atoms with Gasteiger partial charge in [-0.05, 0) is 66.3 Å². The minimum absolute atomic E-state index is 0.0352. The van der Waals surface area contributed by atoms with E-state index in [0.717, 1.165) is 47.1 Å². The van der Waals surface area contributed by atoms with Gasteiger partial charge in [0.25, 0.3) is 0 Å². The van der Waals surface area contributed by atoms with Gasteiger partial charge in [-0.3, -0.25) is 4.79 Å². The predicted molar refractivity (Wildman–Crippen MR) is 157 cm³/mol. The van der Waals surface area contributed by atoms with E-state index >= 15 is 0 Å². The molecule has 1 fully saturated rings. The Morgan fingerprint density at radius 2 is 1.58 bits per heavy atom. The molecule has 3 aromatic carbocycles. The number of aryl methyl sites for hydroxylation is 1. The minimum atomic E-state index is -0.0634. The van der Waals surface area contributed by atoms with Crippen molar-refractivity contribution in [3.05, 3.63) is 95.4 Å². The van der Waals surface area contributed by atoms with Crippen molar-refractivity contribution in [3.8, 4) is 11.5 Å². The first-order chi connectivity index (χ1) is 18.4. The lowest BCUT2D eigenvalue weighted by atomic mass is 9.83. The molecular weight excluding hydrogens is 466 g/mol. The lowest BCUT2D eigenvalue weighted by molar-refractivity contribution is -0.116. The largest absolute Gasteiger partial charge is 0.457 e. The van der Waals surface area contributed by atoms with Gasteiger partial charge in [0.05, 0.1) is 0 Å². The highest BCUT2D eigenvalue weighted by molar-refractivity contribution is 5.93. The molecule has 1 saturated carbocycles. The van der Waals surface area contributed by atoms with Gasteiger partial charge >= 0.3 is 0 Å². The maximum atomic E-state index is 13.6. The lowest BCUT2D eigenvalue weighted by Gasteiger charge is -2.28. The summed E-state index contributed by atoms with van der Waals surface area (Å²) in [6.07, 6.45) is 13.2. The first kappa shape index (κ1) is 26.5. The molecule has 0 saturated heterocycles. The number of benzene rings is 3. The smallest absolute Gasteiger partial charge is 0.225 e. The maximum absolute atomic E-state index is 13.6. The van der Waals surface area contributed by atoms with Crippen molar-refractivity contribution in [1.82, 2.24) is 0 Å². The Bertz CT molecular complexity index is 1200. The fourth-order valence-electron chi connectivity index (χ4n) is 6.16. The topological polar surface area (TPSA) is 38.3 Å². The highest BCUT2D eigenvalue weighted by Gasteiger charge is 2.29. The number of nitrogens with one attached hydrogen (secondary N) is 1. The minimum Gasteiger partial charge on any atom is -0.457 e. The van der Waals surface area contributed by atoms with Gasteiger partial charge in [-0.1, -0.05) is 101 Å². The third-order valence-electron chi connectivity index (χ3n) is 8.23. The summed E-state index contributed by atoms with van der Waals surface area (Å²) in [5.41, 5.74) is 5.48. The van der Waals surface area contributed by atoms with Crippen LogP contribution in [0.25, 0.3) is 0 Å². The van der Waals surface area contributed by atoms with Gasteiger partial charge in [0.1, 0.15) is 11.5 Å². The first-order valence-electron chi connectivity index (χ1n) is 14.5. The molecule has 3 nitrogen and oxygen atoms in total. The van der Waals surface area contributed by atoms with Gasteiger partial charge in [-0.2, -0.15) is 0 Å². The maximum Gasteiger partial charge on any atom is 0.225 e. The number of carbonyl (C=O) groups is 1. The highest BCUT2D eigenvalue weighted by atomic mass is 16.5. The third-order valence-corrected chi connectivity index (χ3v) is 8.23. The molecular formula is C35H42NO2. The van der Waals surface area contributed by atoms with Crippen molar-refractivity contribution in [2.24, 2.45) is 5.92 Å². The van der Waals surface area contributed by atoms with Crippen LogP contribution in [-0.2, 0) is 16.6 Å². The summed E-state index contributed by atoms with van der Waals surface area (Å²) in [5.74, 6) is 2.57. The van der Waals surface area contributed by atoms with Gasteiger partial charge in [0, 0.05) is 29.2 Å². The van der Waals surface area contributed by atoms with Crippen LogP contribution in [-0.4, -0.2) is 5.91 Å². The third kappa shape index (κ3) is 6.31. The Balaban J connectivity index is 1.29. The lowest BCUT2D eigenvalue weighted by Crippen LogP contribution is -2.22. The number of ether oxygens (including phenoxy) is 1. The summed E-state index contributed by atoms with van der Waals surface area (Å²) in [6.45, 7) is 6.63. The van der Waals surface area contributed by atoms with E-state index in [2.05, 4.69) is 62.8 Å². The van der Waals surface area contributed by atoms with E-state index < -0.39 is 0 Å². The zero-order chi connectivity index (χ0) is 26.5. The van der Waals surface area contributed by atoms with Crippen molar-refractivity contribution in [1.29, 1.82) is 0 Å². The van der Waals surface area contributed by atoms with Crippen LogP contribution in [0.1, 0.15) is 100 Å². The number of amides is 1. The van der Waals surface area contributed by atoms with E-state index in [0.29, 0.717) is 6.42 Å². The van der Waals surface area contributed by atoms with Crippen molar-refractivity contribution < 1.29 is 9.53 Å². The van der Waals surface area contributed by atoms with Crippen LogP contribution in [0, 0.1) is 12.3 Å². The number of para-hydroxylation sites is 2. The molecule has 1 heterocycles. The monoisotopic (exact) mass is 508 g/mol. The number of hydrogen-bond donors (Lipinski definition) is 1. The van der Waals surface area contributed by atoms with Crippen LogP contribution in [0.15, 0.2) is 66.7 Å². The second kappa shape index (κ2) is 11.8. The van der Waals surface area contributed by atoms with Crippen LogP contribution in [0.3, 0.4) is 0 Å². The van der Waals surface area contributed by atoms with Crippen molar-refractivity contribution >= 4 is 11.6 Å². The summed E-state index contributed by atoms with van der Waals surface area (Å²) >= 11 is 0. The number of hydrogen-bond acceptors (Lipinski definition) is 2. The number of anilines is 1. The average molecular weight is 509 g/mol. The van der Waals surface area contributed by atoms with Gasteiger partial charge in [-0.25, -0.2) is 0 Å². The normalized spacial score (nSPS) is 15.9. The zero-order valence-corrected chi connectivity index (χ0v) is 23.3. The van der Waals surface area contributed by atoms with Crippen LogP contribution < -0.4 is 10.1 Å². The summed E-state index contributed by atoms with van der Waals surface area (Å²) in [4.78, 5) is 13.6. The summed E-state index contributed by atoms with van der Waals surface area (Å²) in [5, 5.41) is 3.32. The van der Waals surface area contributed by atoms with Gasteiger partial charge < -0.3 is 10.1 Å². The Hall–Kier alpha value is -3.07. The molecule has 1 N–H and O–H groups in total.